The molecule has 0 aromatic carbocycles. The van der Waals surface area contributed by atoms with Crippen LogP contribution < -0.4 is 0 Å². The molecule has 1 N–H and O–H groups in total. The zero-order valence-electron chi connectivity index (χ0n) is 11.8. The maximum Gasteiger partial charge on any atom is 0.0900 e. The number of hydrogen-bond donors (Lipinski definition) is 1. The summed E-state index contributed by atoms with van der Waals surface area (Å²) in [6.07, 6.45) is 1.44. The van der Waals surface area contributed by atoms with E-state index >= 15 is 0 Å². The van der Waals surface area contributed by atoms with E-state index in [0.29, 0.717) is 19.8 Å². The Labute approximate surface area is 127 Å². The average molecular weight is 312 g/mol. The van der Waals surface area contributed by atoms with Crippen molar-refractivity contribution >= 4 is 22.7 Å². The number of thiophene rings is 1. The van der Waals surface area contributed by atoms with Crippen molar-refractivity contribution < 1.29 is 9.84 Å². The maximum atomic E-state index is 9.96. The number of nitrogens with zero attached hydrogens (tertiary/aromatic N) is 2. The molecule has 0 amide bonds. The summed E-state index contributed by atoms with van der Waals surface area (Å²) in [4.78, 5) is 8.73. The Balaban J connectivity index is 1.64. The van der Waals surface area contributed by atoms with Crippen molar-refractivity contribution in [2.75, 3.05) is 20.2 Å². The number of aromatic nitrogens is 1. The largest absolute Gasteiger partial charge is 0.389 e. The number of rotatable bonds is 8. The molecule has 0 bridgehead atoms. The lowest BCUT2D eigenvalue weighted by Crippen LogP contribution is -2.31. The molecular weight excluding hydrogens is 292 g/mol. The molecule has 2 rings (SSSR count). The molecule has 20 heavy (non-hydrogen) atoms. The highest BCUT2D eigenvalue weighted by molar-refractivity contribution is 7.11. The first-order valence-corrected chi connectivity index (χ1v) is 8.21. The monoisotopic (exact) mass is 312 g/mol. The van der Waals surface area contributed by atoms with E-state index in [9.17, 15) is 5.11 Å². The Hall–Kier alpha value is -0.790. The van der Waals surface area contributed by atoms with E-state index in [1.165, 1.54) is 9.75 Å². The van der Waals surface area contributed by atoms with Crippen molar-refractivity contribution in [3.63, 3.8) is 0 Å². The van der Waals surface area contributed by atoms with Crippen molar-refractivity contribution in [2.45, 2.75) is 26.2 Å². The third kappa shape index (κ3) is 5.30. The molecule has 2 aromatic rings. The summed E-state index contributed by atoms with van der Waals surface area (Å²) in [5, 5.41) is 13.1. The predicted octanol–water partition coefficient (Wildman–Crippen LogP) is 2.52. The molecule has 2 heterocycles. The minimum atomic E-state index is -0.464. The molecule has 0 aliphatic heterocycles. The molecule has 4 nitrogen and oxygen atoms in total. The van der Waals surface area contributed by atoms with Crippen molar-refractivity contribution in [3.05, 3.63) is 38.5 Å². The van der Waals surface area contributed by atoms with E-state index < -0.39 is 6.10 Å². The van der Waals surface area contributed by atoms with E-state index in [1.54, 1.807) is 22.7 Å². The first-order chi connectivity index (χ1) is 9.63. The lowest BCUT2D eigenvalue weighted by Gasteiger charge is -2.19. The number of aryl methyl sites for hydroxylation is 1. The second kappa shape index (κ2) is 7.85. The van der Waals surface area contributed by atoms with Crippen molar-refractivity contribution in [1.82, 2.24) is 9.88 Å². The van der Waals surface area contributed by atoms with Crippen LogP contribution in [0.15, 0.2) is 23.7 Å². The fourth-order valence-corrected chi connectivity index (χ4v) is 3.43. The first-order valence-electron chi connectivity index (χ1n) is 6.51. The van der Waals surface area contributed by atoms with Gasteiger partial charge >= 0.3 is 0 Å². The number of hydrogen-bond acceptors (Lipinski definition) is 6. The molecule has 0 aliphatic rings. The summed E-state index contributed by atoms with van der Waals surface area (Å²) in [5.74, 6) is 0. The Morgan fingerprint density at radius 3 is 2.95 bits per heavy atom. The molecular formula is C14H20N2O2S2. The van der Waals surface area contributed by atoms with Gasteiger partial charge in [-0.3, -0.25) is 4.90 Å². The second-order valence-electron chi connectivity index (χ2n) is 4.79. The summed E-state index contributed by atoms with van der Waals surface area (Å²) >= 11 is 3.36. The smallest absolute Gasteiger partial charge is 0.0900 e. The number of ether oxygens (including phenoxy) is 1. The van der Waals surface area contributed by atoms with Gasteiger partial charge in [-0.05, 0) is 25.4 Å². The highest BCUT2D eigenvalue weighted by Crippen LogP contribution is 2.13. The number of thiazole rings is 1. The van der Waals surface area contributed by atoms with Gasteiger partial charge in [0.1, 0.15) is 0 Å². The van der Waals surface area contributed by atoms with Crippen LogP contribution in [0.4, 0.5) is 0 Å². The topological polar surface area (TPSA) is 45.6 Å². The maximum absolute atomic E-state index is 9.96. The predicted molar refractivity (Wildman–Crippen MR) is 83.2 cm³/mol. The minimum Gasteiger partial charge on any atom is -0.389 e. The molecule has 0 spiro atoms. The molecule has 0 saturated heterocycles. The summed E-state index contributed by atoms with van der Waals surface area (Å²) < 4.78 is 5.52. The van der Waals surface area contributed by atoms with Gasteiger partial charge in [-0.15, -0.1) is 22.7 Å². The Morgan fingerprint density at radius 2 is 2.30 bits per heavy atom. The van der Waals surface area contributed by atoms with Crippen LogP contribution in [0.3, 0.4) is 0 Å². The highest BCUT2D eigenvalue weighted by Gasteiger charge is 2.10. The zero-order valence-corrected chi connectivity index (χ0v) is 13.4. The van der Waals surface area contributed by atoms with Gasteiger partial charge in [-0.25, -0.2) is 4.98 Å². The number of aliphatic hydroxyl groups excluding tert-OH is 1. The SMILES string of the molecule is Cc1ncc(CN(C)C[C@@H](O)COCc2cccs2)s1. The zero-order chi connectivity index (χ0) is 14.4. The van der Waals surface area contributed by atoms with E-state index in [-0.39, 0.29) is 0 Å². The van der Waals surface area contributed by atoms with Crippen molar-refractivity contribution in [3.8, 4) is 0 Å². The Bertz CT molecular complexity index is 499. The number of aliphatic hydroxyl groups is 1. The molecule has 2 aromatic heterocycles. The van der Waals surface area contributed by atoms with Crippen LogP contribution in [0.25, 0.3) is 0 Å². The van der Waals surface area contributed by atoms with Gasteiger partial charge in [0.05, 0.1) is 24.3 Å². The molecule has 0 saturated carbocycles. The van der Waals surface area contributed by atoms with Gasteiger partial charge in [0.25, 0.3) is 0 Å². The molecule has 0 fully saturated rings. The van der Waals surface area contributed by atoms with Gasteiger partial charge in [-0.1, -0.05) is 6.07 Å². The molecule has 110 valence electrons. The van der Waals surface area contributed by atoms with Gasteiger partial charge in [0.15, 0.2) is 0 Å². The van der Waals surface area contributed by atoms with E-state index in [4.69, 9.17) is 4.74 Å². The summed E-state index contributed by atoms with van der Waals surface area (Å²) in [5.41, 5.74) is 0. The lowest BCUT2D eigenvalue weighted by molar-refractivity contribution is 0.0136. The van der Waals surface area contributed by atoms with Crippen LogP contribution in [0, 0.1) is 6.92 Å². The molecule has 1 atom stereocenters. The molecule has 0 radical (unpaired) electrons. The summed E-state index contributed by atoms with van der Waals surface area (Å²) in [7, 11) is 2.00. The first kappa shape index (κ1) is 15.6. The third-order valence-electron chi connectivity index (χ3n) is 2.75. The van der Waals surface area contributed by atoms with E-state index in [1.807, 2.05) is 37.7 Å². The van der Waals surface area contributed by atoms with Crippen LogP contribution in [0.5, 0.6) is 0 Å². The van der Waals surface area contributed by atoms with Crippen LogP contribution in [0.2, 0.25) is 0 Å². The Morgan fingerprint density at radius 1 is 1.45 bits per heavy atom. The fourth-order valence-electron chi connectivity index (χ4n) is 1.91. The quantitative estimate of drug-likeness (QED) is 0.813. The molecule has 0 aliphatic carbocycles. The summed E-state index contributed by atoms with van der Waals surface area (Å²) in [6.45, 7) is 4.35. The molecule has 6 heteroatoms. The highest BCUT2D eigenvalue weighted by atomic mass is 32.1. The van der Waals surface area contributed by atoms with Crippen LogP contribution >= 0.6 is 22.7 Å². The standard InChI is InChI=1S/C14H20N2O2S2/c1-11-15-6-14(20-11)8-16(2)7-12(17)9-18-10-13-4-3-5-19-13/h3-6,12,17H,7-10H2,1-2H3/t12-/m1/s1. The van der Waals surface area contributed by atoms with E-state index in [2.05, 4.69) is 9.88 Å². The number of likely N-dealkylation sites (N-methyl/N-ethyl adjacent to an activating group) is 1. The van der Waals surface area contributed by atoms with Crippen LogP contribution in [-0.4, -0.2) is 41.3 Å². The fraction of sp³-hybridized carbons (Fsp3) is 0.500. The average Bonchev–Trinajstić information content (AvgIpc) is 3.01. The van der Waals surface area contributed by atoms with Gasteiger partial charge < -0.3 is 9.84 Å². The Kier molecular flexibility index (Phi) is 6.12. The van der Waals surface area contributed by atoms with Crippen molar-refractivity contribution in [2.24, 2.45) is 0 Å². The second-order valence-corrected chi connectivity index (χ2v) is 7.14. The van der Waals surface area contributed by atoms with Gasteiger partial charge in [0, 0.05) is 29.0 Å². The summed E-state index contributed by atoms with van der Waals surface area (Å²) in [6, 6.07) is 4.04. The van der Waals surface area contributed by atoms with Gasteiger partial charge in [-0.2, -0.15) is 0 Å². The van der Waals surface area contributed by atoms with E-state index in [0.717, 1.165) is 11.6 Å². The van der Waals surface area contributed by atoms with Crippen LogP contribution in [0.1, 0.15) is 14.8 Å². The normalized spacial score (nSPS) is 13.0. The third-order valence-corrected chi connectivity index (χ3v) is 4.50. The van der Waals surface area contributed by atoms with Crippen LogP contribution in [-0.2, 0) is 17.9 Å². The molecule has 0 unspecified atom stereocenters. The van der Waals surface area contributed by atoms with Gasteiger partial charge in [0.2, 0.25) is 0 Å². The van der Waals surface area contributed by atoms with Crippen molar-refractivity contribution in [1.29, 1.82) is 0 Å². The minimum absolute atomic E-state index is 0.365. The lowest BCUT2D eigenvalue weighted by atomic mass is 10.3.